The van der Waals surface area contributed by atoms with Crippen LogP contribution < -0.4 is 4.90 Å². The number of hydrogen-bond acceptors (Lipinski definition) is 4. The fourth-order valence-electron chi connectivity index (χ4n) is 3.00. The van der Waals surface area contributed by atoms with Crippen LogP contribution in [0.15, 0.2) is 31.0 Å². The van der Waals surface area contributed by atoms with Crippen molar-refractivity contribution >= 4 is 16.9 Å². The second-order valence-corrected chi connectivity index (χ2v) is 5.20. The van der Waals surface area contributed by atoms with Gasteiger partial charge in [-0.25, -0.2) is 15.0 Å². The minimum Gasteiger partial charge on any atom is -0.355 e. The summed E-state index contributed by atoms with van der Waals surface area (Å²) in [7, 11) is 0. The van der Waals surface area contributed by atoms with Crippen LogP contribution in [-0.2, 0) is 0 Å². The molecule has 1 atom stereocenters. The third-order valence-electron chi connectivity index (χ3n) is 3.96. The highest BCUT2D eigenvalue weighted by Gasteiger charge is 2.25. The van der Waals surface area contributed by atoms with Crippen molar-refractivity contribution in [2.24, 2.45) is 0 Å². The van der Waals surface area contributed by atoms with Gasteiger partial charge < -0.3 is 14.9 Å². The molecule has 0 amide bonds. The summed E-state index contributed by atoms with van der Waals surface area (Å²) in [6.07, 6.45) is 9.58. The van der Waals surface area contributed by atoms with Gasteiger partial charge in [0.15, 0.2) is 0 Å². The fourth-order valence-corrected chi connectivity index (χ4v) is 3.00. The molecule has 0 radical (unpaired) electrons. The van der Waals surface area contributed by atoms with E-state index in [-0.39, 0.29) is 0 Å². The van der Waals surface area contributed by atoms with Crippen molar-refractivity contribution in [2.45, 2.75) is 18.8 Å². The van der Waals surface area contributed by atoms with Crippen LogP contribution in [0.1, 0.15) is 24.6 Å². The summed E-state index contributed by atoms with van der Waals surface area (Å²) in [5.74, 6) is 2.55. The Balaban J connectivity index is 1.66. The van der Waals surface area contributed by atoms with Crippen LogP contribution in [0, 0.1) is 0 Å². The van der Waals surface area contributed by atoms with E-state index in [2.05, 4.69) is 29.8 Å². The van der Waals surface area contributed by atoms with Crippen molar-refractivity contribution in [2.75, 3.05) is 18.0 Å². The third kappa shape index (κ3) is 1.84. The van der Waals surface area contributed by atoms with E-state index in [4.69, 9.17) is 0 Å². The predicted octanol–water partition coefficient (Wildman–Crippen LogP) is 2.06. The Morgan fingerprint density at radius 1 is 1.15 bits per heavy atom. The normalized spacial score (nSPS) is 19.6. The number of hydrogen-bond donors (Lipinski definition) is 2. The highest BCUT2D eigenvalue weighted by Crippen LogP contribution is 2.30. The van der Waals surface area contributed by atoms with E-state index < -0.39 is 0 Å². The number of aromatic nitrogens is 5. The first kappa shape index (κ1) is 11.5. The van der Waals surface area contributed by atoms with Gasteiger partial charge in [0, 0.05) is 37.6 Å². The molecule has 6 nitrogen and oxygen atoms in total. The molecule has 3 aromatic heterocycles. The van der Waals surface area contributed by atoms with Crippen molar-refractivity contribution < 1.29 is 0 Å². The van der Waals surface area contributed by atoms with Crippen LogP contribution in [0.2, 0.25) is 0 Å². The van der Waals surface area contributed by atoms with Gasteiger partial charge in [-0.15, -0.1) is 0 Å². The number of piperidine rings is 1. The van der Waals surface area contributed by atoms with Gasteiger partial charge in [-0.3, -0.25) is 0 Å². The maximum atomic E-state index is 4.48. The lowest BCUT2D eigenvalue weighted by Gasteiger charge is -2.32. The van der Waals surface area contributed by atoms with Gasteiger partial charge in [-0.2, -0.15) is 0 Å². The molecule has 3 aromatic rings. The summed E-state index contributed by atoms with van der Waals surface area (Å²) >= 11 is 0. The number of nitrogens with zero attached hydrogens (tertiary/aromatic N) is 4. The van der Waals surface area contributed by atoms with Gasteiger partial charge in [0.05, 0.1) is 5.39 Å². The zero-order valence-corrected chi connectivity index (χ0v) is 11.1. The van der Waals surface area contributed by atoms with E-state index >= 15 is 0 Å². The molecule has 2 N–H and O–H groups in total. The van der Waals surface area contributed by atoms with E-state index in [1.54, 1.807) is 6.33 Å². The monoisotopic (exact) mass is 268 g/mol. The van der Waals surface area contributed by atoms with Gasteiger partial charge in [0.25, 0.3) is 0 Å². The molecule has 0 spiro atoms. The average Bonchev–Trinajstić information content (AvgIpc) is 3.18. The van der Waals surface area contributed by atoms with Crippen LogP contribution in [0.4, 0.5) is 5.82 Å². The number of rotatable bonds is 2. The van der Waals surface area contributed by atoms with Crippen molar-refractivity contribution in [3.8, 4) is 0 Å². The first-order valence-corrected chi connectivity index (χ1v) is 6.94. The molecule has 4 rings (SSSR count). The zero-order chi connectivity index (χ0) is 13.4. The van der Waals surface area contributed by atoms with Gasteiger partial charge in [-0.05, 0) is 18.9 Å². The Hall–Kier alpha value is -2.37. The van der Waals surface area contributed by atoms with Crippen molar-refractivity contribution in [1.29, 1.82) is 0 Å². The maximum Gasteiger partial charge on any atom is 0.142 e. The standard InChI is InChI=1S/C14H16N6/c1-2-10(12-16-5-6-17-12)8-20(7-1)14-11-3-4-15-13(11)18-9-19-14/h3-6,9-10H,1-2,7-8H2,(H,16,17)(H,15,18,19). The molecule has 0 bridgehead atoms. The SMILES string of the molecule is c1c[nH]c(C2CCCN(c3ncnc4[nH]ccc34)C2)n1. The van der Waals surface area contributed by atoms with Crippen molar-refractivity contribution in [3.05, 3.63) is 36.8 Å². The molecule has 1 fully saturated rings. The summed E-state index contributed by atoms with van der Waals surface area (Å²) in [5.41, 5.74) is 0.898. The van der Waals surface area contributed by atoms with Crippen LogP contribution in [0.25, 0.3) is 11.0 Å². The van der Waals surface area contributed by atoms with Crippen LogP contribution in [0.5, 0.6) is 0 Å². The minimum absolute atomic E-state index is 0.447. The number of nitrogens with one attached hydrogen (secondary N) is 2. The van der Waals surface area contributed by atoms with Crippen molar-refractivity contribution in [1.82, 2.24) is 24.9 Å². The molecule has 1 unspecified atom stereocenters. The average molecular weight is 268 g/mol. The first-order chi connectivity index (χ1) is 9.92. The summed E-state index contributed by atoms with van der Waals surface area (Å²) < 4.78 is 0. The van der Waals surface area contributed by atoms with E-state index in [1.807, 2.05) is 24.7 Å². The van der Waals surface area contributed by atoms with E-state index in [0.29, 0.717) is 5.92 Å². The molecule has 6 heteroatoms. The number of H-pyrrole nitrogens is 2. The van der Waals surface area contributed by atoms with Crippen LogP contribution in [-0.4, -0.2) is 38.0 Å². The quantitative estimate of drug-likeness (QED) is 0.746. The van der Waals surface area contributed by atoms with Gasteiger partial charge in [-0.1, -0.05) is 0 Å². The molecular weight excluding hydrogens is 252 g/mol. The Labute approximate surface area is 116 Å². The molecule has 1 aliphatic rings. The Bertz CT molecular complexity index is 701. The molecule has 0 aromatic carbocycles. The number of imidazole rings is 1. The molecule has 102 valence electrons. The van der Waals surface area contributed by atoms with E-state index in [0.717, 1.165) is 42.2 Å². The second-order valence-electron chi connectivity index (χ2n) is 5.20. The maximum absolute atomic E-state index is 4.48. The lowest BCUT2D eigenvalue weighted by atomic mass is 9.97. The number of anilines is 1. The Morgan fingerprint density at radius 3 is 3.05 bits per heavy atom. The summed E-state index contributed by atoms with van der Waals surface area (Å²) in [6, 6.07) is 2.04. The number of aromatic amines is 2. The molecule has 1 saturated heterocycles. The fraction of sp³-hybridized carbons (Fsp3) is 0.357. The smallest absolute Gasteiger partial charge is 0.142 e. The Kier molecular flexibility index (Phi) is 2.65. The molecule has 0 saturated carbocycles. The lowest BCUT2D eigenvalue weighted by molar-refractivity contribution is 0.492. The van der Waals surface area contributed by atoms with Crippen molar-refractivity contribution in [3.63, 3.8) is 0 Å². The highest BCUT2D eigenvalue weighted by molar-refractivity contribution is 5.87. The molecule has 4 heterocycles. The second kappa shape index (κ2) is 4.63. The number of fused-ring (bicyclic) bond motifs is 1. The topological polar surface area (TPSA) is 73.5 Å². The van der Waals surface area contributed by atoms with Gasteiger partial charge >= 0.3 is 0 Å². The lowest BCUT2D eigenvalue weighted by Crippen LogP contribution is -2.35. The largest absolute Gasteiger partial charge is 0.355 e. The van der Waals surface area contributed by atoms with Crippen LogP contribution in [0.3, 0.4) is 0 Å². The van der Waals surface area contributed by atoms with Gasteiger partial charge in [0.2, 0.25) is 0 Å². The zero-order valence-electron chi connectivity index (χ0n) is 11.1. The van der Waals surface area contributed by atoms with Gasteiger partial charge in [0.1, 0.15) is 23.6 Å². The molecular formula is C14H16N6. The third-order valence-corrected chi connectivity index (χ3v) is 3.96. The Morgan fingerprint density at radius 2 is 2.15 bits per heavy atom. The molecule has 20 heavy (non-hydrogen) atoms. The summed E-state index contributed by atoms with van der Waals surface area (Å²) in [5, 5.41) is 1.09. The highest BCUT2D eigenvalue weighted by atomic mass is 15.2. The molecule has 1 aliphatic heterocycles. The minimum atomic E-state index is 0.447. The summed E-state index contributed by atoms with van der Waals surface area (Å²) in [6.45, 7) is 1.99. The molecule has 0 aliphatic carbocycles. The summed E-state index contributed by atoms with van der Waals surface area (Å²) in [4.78, 5) is 21.9. The van der Waals surface area contributed by atoms with E-state index in [1.165, 1.54) is 6.42 Å². The van der Waals surface area contributed by atoms with E-state index in [9.17, 15) is 0 Å². The first-order valence-electron chi connectivity index (χ1n) is 6.94. The predicted molar refractivity (Wildman–Crippen MR) is 76.7 cm³/mol. The van der Waals surface area contributed by atoms with Crippen LogP contribution >= 0.6 is 0 Å².